The van der Waals surface area contributed by atoms with E-state index in [9.17, 15) is 9.59 Å². The van der Waals surface area contributed by atoms with Crippen LogP contribution in [0.4, 0.5) is 0 Å². The Morgan fingerprint density at radius 1 is 1.14 bits per heavy atom. The fourth-order valence-electron chi connectivity index (χ4n) is 3.79. The second-order valence-corrected chi connectivity index (χ2v) is 8.37. The van der Waals surface area contributed by atoms with Gasteiger partial charge >= 0.3 is 5.97 Å². The number of ether oxygens (including phenoxy) is 1. The summed E-state index contributed by atoms with van der Waals surface area (Å²) in [5, 5.41) is 5.59. The number of carbonyl (C=O) groups is 2. The van der Waals surface area contributed by atoms with Crippen LogP contribution in [0.1, 0.15) is 52.7 Å². The molecule has 0 unspecified atom stereocenters. The maximum atomic E-state index is 13.2. The number of nitrogens with zero attached hydrogens (tertiary/aromatic N) is 1. The largest absolute Gasteiger partial charge is 0.449 e. The number of pyridine rings is 1. The summed E-state index contributed by atoms with van der Waals surface area (Å²) in [5.41, 5.74) is 3.35. The Morgan fingerprint density at radius 2 is 1.97 bits per heavy atom. The normalized spacial score (nSPS) is 14.7. The number of hydrogen-bond donors (Lipinski definition) is 1. The predicted molar refractivity (Wildman–Crippen MR) is 114 cm³/mol. The first-order chi connectivity index (χ1) is 14.1. The zero-order valence-electron chi connectivity index (χ0n) is 16.4. The highest BCUT2D eigenvalue weighted by Gasteiger charge is 2.26. The molecule has 0 fully saturated rings. The molecule has 2 aromatic heterocycles. The molecule has 150 valence electrons. The molecule has 1 aliphatic rings. The van der Waals surface area contributed by atoms with Crippen LogP contribution in [0.5, 0.6) is 0 Å². The van der Waals surface area contributed by atoms with Gasteiger partial charge in [0, 0.05) is 16.0 Å². The number of aryl methyl sites for hydroxylation is 1. The molecule has 4 rings (SSSR count). The van der Waals surface area contributed by atoms with Crippen LogP contribution in [-0.2, 0) is 28.9 Å². The molecule has 0 radical (unpaired) electrons. The molecule has 0 spiro atoms. The quantitative estimate of drug-likeness (QED) is 0.501. The highest BCUT2D eigenvalue weighted by atomic mass is 32.1. The van der Waals surface area contributed by atoms with Gasteiger partial charge < -0.3 is 10.1 Å². The molecule has 1 aliphatic carbocycles. The summed E-state index contributed by atoms with van der Waals surface area (Å²) < 4.78 is 5.61. The number of fused-ring (bicyclic) bond motifs is 2. The lowest BCUT2D eigenvalue weighted by Gasteiger charge is -2.17. The predicted octanol–water partition coefficient (Wildman–Crippen LogP) is 4.43. The molecule has 5 nitrogen and oxygen atoms in total. The van der Waals surface area contributed by atoms with Gasteiger partial charge in [-0.15, -0.1) is 11.3 Å². The van der Waals surface area contributed by atoms with Crippen LogP contribution >= 0.6 is 11.3 Å². The van der Waals surface area contributed by atoms with Crippen molar-refractivity contribution in [3.8, 4) is 0 Å². The number of hydrogen-bond acceptors (Lipinski definition) is 5. The van der Waals surface area contributed by atoms with E-state index in [1.54, 1.807) is 18.3 Å². The third kappa shape index (κ3) is 4.32. The van der Waals surface area contributed by atoms with Crippen molar-refractivity contribution >= 4 is 34.1 Å². The van der Waals surface area contributed by atoms with Crippen LogP contribution in [0, 0.1) is 0 Å². The van der Waals surface area contributed by atoms with Crippen molar-refractivity contribution in [1.82, 2.24) is 10.3 Å². The lowest BCUT2D eigenvalue weighted by Crippen LogP contribution is -2.35. The minimum absolute atomic E-state index is 0.295. The summed E-state index contributed by atoms with van der Waals surface area (Å²) >= 11 is 1.58. The standard InChI is InChI=1S/C23H24N2O3S/c1-15(22(26)24-14-16-8-7-13-29-16)28-23(27)21-17-9-3-2-4-11-19(17)25-20-12-6-5-10-18(20)21/h5-8,10,12-13,15H,2-4,9,11,14H2,1H3,(H,24,26)/t15-/m1/s1. The number of aromatic nitrogens is 1. The number of para-hydroxylation sites is 1. The molecule has 1 aromatic carbocycles. The van der Waals surface area contributed by atoms with Crippen LogP contribution in [0.15, 0.2) is 41.8 Å². The molecular formula is C23H24N2O3S. The Kier molecular flexibility index (Phi) is 5.90. The molecule has 1 N–H and O–H groups in total. The molecule has 0 saturated heterocycles. The van der Waals surface area contributed by atoms with E-state index in [4.69, 9.17) is 9.72 Å². The van der Waals surface area contributed by atoms with Crippen molar-refractivity contribution in [2.75, 3.05) is 0 Å². The van der Waals surface area contributed by atoms with E-state index < -0.39 is 12.1 Å². The van der Waals surface area contributed by atoms with Crippen molar-refractivity contribution in [3.63, 3.8) is 0 Å². The van der Waals surface area contributed by atoms with Gasteiger partial charge in [0.05, 0.1) is 17.6 Å². The van der Waals surface area contributed by atoms with Gasteiger partial charge in [-0.2, -0.15) is 0 Å². The molecule has 6 heteroatoms. The maximum absolute atomic E-state index is 13.2. The highest BCUT2D eigenvalue weighted by Crippen LogP contribution is 2.29. The van der Waals surface area contributed by atoms with E-state index >= 15 is 0 Å². The van der Waals surface area contributed by atoms with Gasteiger partial charge in [0.2, 0.25) is 0 Å². The number of esters is 1. The average molecular weight is 409 g/mol. The second kappa shape index (κ2) is 8.74. The number of rotatable bonds is 5. The Bertz CT molecular complexity index is 1030. The Morgan fingerprint density at radius 3 is 2.79 bits per heavy atom. The van der Waals surface area contributed by atoms with Crippen molar-refractivity contribution in [2.24, 2.45) is 0 Å². The number of thiophene rings is 1. The Balaban J connectivity index is 1.57. The summed E-state index contributed by atoms with van der Waals surface area (Å²) in [6.07, 6.45) is 4.06. The second-order valence-electron chi connectivity index (χ2n) is 7.33. The van der Waals surface area contributed by atoms with Crippen LogP contribution < -0.4 is 5.32 Å². The third-order valence-corrected chi connectivity index (χ3v) is 6.17. The minimum atomic E-state index is -0.865. The summed E-state index contributed by atoms with van der Waals surface area (Å²) in [7, 11) is 0. The third-order valence-electron chi connectivity index (χ3n) is 5.29. The topological polar surface area (TPSA) is 68.3 Å². The summed E-state index contributed by atoms with van der Waals surface area (Å²) in [6, 6.07) is 11.6. The first kappa shape index (κ1) is 19.6. The molecule has 0 bridgehead atoms. The van der Waals surface area contributed by atoms with E-state index in [0.29, 0.717) is 12.1 Å². The smallest absolute Gasteiger partial charge is 0.339 e. The molecule has 1 amide bonds. The monoisotopic (exact) mass is 408 g/mol. The van der Waals surface area contributed by atoms with Gasteiger partial charge in [0.15, 0.2) is 6.10 Å². The van der Waals surface area contributed by atoms with E-state index in [0.717, 1.165) is 59.1 Å². The minimum Gasteiger partial charge on any atom is -0.449 e. The van der Waals surface area contributed by atoms with Gasteiger partial charge in [0.25, 0.3) is 5.91 Å². The highest BCUT2D eigenvalue weighted by molar-refractivity contribution is 7.09. The van der Waals surface area contributed by atoms with Crippen LogP contribution in [0.3, 0.4) is 0 Å². The number of benzene rings is 1. The maximum Gasteiger partial charge on any atom is 0.339 e. The van der Waals surface area contributed by atoms with Crippen LogP contribution in [0.2, 0.25) is 0 Å². The van der Waals surface area contributed by atoms with Crippen molar-refractivity contribution in [1.29, 1.82) is 0 Å². The van der Waals surface area contributed by atoms with E-state index in [1.165, 1.54) is 0 Å². The lowest BCUT2D eigenvalue weighted by atomic mass is 9.97. The summed E-state index contributed by atoms with van der Waals surface area (Å²) in [5.74, 6) is -0.739. The lowest BCUT2D eigenvalue weighted by molar-refractivity contribution is -0.129. The first-order valence-corrected chi connectivity index (χ1v) is 10.9. The van der Waals surface area contributed by atoms with Crippen LogP contribution in [0.25, 0.3) is 10.9 Å². The SMILES string of the molecule is C[C@@H](OC(=O)c1c2c(nc3ccccc13)CCCCC2)C(=O)NCc1cccs1. The van der Waals surface area contributed by atoms with E-state index in [1.807, 2.05) is 41.8 Å². The molecule has 2 heterocycles. The van der Waals surface area contributed by atoms with Crippen LogP contribution in [-0.4, -0.2) is 23.0 Å². The van der Waals surface area contributed by atoms with E-state index in [-0.39, 0.29) is 5.91 Å². The fraction of sp³-hybridized carbons (Fsp3) is 0.348. The zero-order valence-corrected chi connectivity index (χ0v) is 17.3. The molecule has 29 heavy (non-hydrogen) atoms. The van der Waals surface area contributed by atoms with Gasteiger partial charge in [-0.05, 0) is 55.7 Å². The molecular weight excluding hydrogens is 384 g/mol. The zero-order chi connectivity index (χ0) is 20.2. The fourth-order valence-corrected chi connectivity index (χ4v) is 4.43. The summed E-state index contributed by atoms with van der Waals surface area (Å²) in [6.45, 7) is 2.05. The summed E-state index contributed by atoms with van der Waals surface area (Å²) in [4.78, 5) is 31.4. The number of nitrogens with one attached hydrogen (secondary N) is 1. The van der Waals surface area contributed by atoms with E-state index in [2.05, 4.69) is 5.32 Å². The van der Waals surface area contributed by atoms with Crippen molar-refractivity contribution in [2.45, 2.75) is 51.7 Å². The van der Waals surface area contributed by atoms with Crippen molar-refractivity contribution in [3.05, 3.63) is 63.5 Å². The van der Waals surface area contributed by atoms with Gasteiger partial charge in [0.1, 0.15) is 0 Å². The molecule has 3 aromatic rings. The van der Waals surface area contributed by atoms with Crippen molar-refractivity contribution < 1.29 is 14.3 Å². The molecule has 1 atom stereocenters. The average Bonchev–Trinajstić information content (AvgIpc) is 3.14. The Labute approximate surface area is 174 Å². The molecule has 0 saturated carbocycles. The molecule has 0 aliphatic heterocycles. The first-order valence-electron chi connectivity index (χ1n) is 10.0. The number of amides is 1. The Hall–Kier alpha value is -2.73. The number of carbonyl (C=O) groups excluding carboxylic acids is 2. The van der Waals surface area contributed by atoms with Gasteiger partial charge in [-0.1, -0.05) is 30.7 Å². The van der Waals surface area contributed by atoms with Gasteiger partial charge in [-0.3, -0.25) is 9.78 Å². The van der Waals surface area contributed by atoms with Gasteiger partial charge in [-0.25, -0.2) is 4.79 Å².